The van der Waals surface area contributed by atoms with Crippen molar-refractivity contribution in [2.45, 2.75) is 19.3 Å². The highest BCUT2D eigenvalue weighted by atomic mass is 16.5. The van der Waals surface area contributed by atoms with Gasteiger partial charge in [-0.2, -0.15) is 0 Å². The maximum atomic E-state index is 12.3. The number of rotatable bonds is 3. The zero-order valence-electron chi connectivity index (χ0n) is 11.8. The van der Waals surface area contributed by atoms with Crippen molar-refractivity contribution < 1.29 is 23.8 Å². The summed E-state index contributed by atoms with van der Waals surface area (Å²) in [5.74, 6) is -0.305. The first-order valence-electron chi connectivity index (χ1n) is 7.35. The van der Waals surface area contributed by atoms with Gasteiger partial charge >= 0.3 is 5.97 Å². The zero-order chi connectivity index (χ0) is 14.8. The number of carbonyl (C=O) groups excluding carboxylic acids is 1. The van der Waals surface area contributed by atoms with Crippen molar-refractivity contribution >= 4 is 11.9 Å². The second-order valence-corrected chi connectivity index (χ2v) is 5.72. The number of hydrogen-bond donors (Lipinski definition) is 1. The lowest BCUT2D eigenvalue weighted by molar-refractivity contribution is 0.0469. The summed E-state index contributed by atoms with van der Waals surface area (Å²) in [5, 5.41) is 8.83. The highest BCUT2D eigenvalue weighted by molar-refractivity contribution is 5.93. The fraction of sp³-hybridized carbons (Fsp3) is 0.600. The van der Waals surface area contributed by atoms with Crippen LogP contribution >= 0.6 is 0 Å². The Balaban J connectivity index is 1.62. The van der Waals surface area contributed by atoms with Gasteiger partial charge in [0.2, 0.25) is 5.76 Å². The van der Waals surface area contributed by atoms with Crippen molar-refractivity contribution in [2.75, 3.05) is 26.3 Å². The maximum Gasteiger partial charge on any atom is 0.371 e. The van der Waals surface area contributed by atoms with Crippen molar-refractivity contribution in [3.63, 3.8) is 0 Å². The van der Waals surface area contributed by atoms with Crippen LogP contribution in [0.25, 0.3) is 0 Å². The lowest BCUT2D eigenvalue weighted by Crippen LogP contribution is -2.31. The minimum atomic E-state index is -1.16. The number of nitrogens with zero attached hydrogens (tertiary/aromatic N) is 1. The fourth-order valence-corrected chi connectivity index (χ4v) is 3.27. The maximum absolute atomic E-state index is 12.3. The zero-order valence-corrected chi connectivity index (χ0v) is 11.8. The average Bonchev–Trinajstić information content (AvgIpc) is 3.17. The number of hydrogen-bond acceptors (Lipinski definition) is 4. The van der Waals surface area contributed by atoms with E-state index in [1.807, 2.05) is 0 Å². The minimum Gasteiger partial charge on any atom is -0.475 e. The van der Waals surface area contributed by atoms with E-state index < -0.39 is 5.97 Å². The molecule has 0 saturated carbocycles. The van der Waals surface area contributed by atoms with Gasteiger partial charge in [-0.1, -0.05) is 0 Å². The van der Waals surface area contributed by atoms with Gasteiger partial charge in [0, 0.05) is 26.3 Å². The van der Waals surface area contributed by atoms with E-state index in [9.17, 15) is 9.59 Å². The van der Waals surface area contributed by atoms with Crippen LogP contribution in [-0.2, 0) is 4.74 Å². The Morgan fingerprint density at radius 3 is 2.48 bits per heavy atom. The molecule has 2 aliphatic heterocycles. The average molecular weight is 293 g/mol. The number of amides is 1. The van der Waals surface area contributed by atoms with Gasteiger partial charge in [-0.05, 0) is 43.2 Å². The van der Waals surface area contributed by atoms with Crippen molar-refractivity contribution in [1.29, 1.82) is 0 Å². The summed E-state index contributed by atoms with van der Waals surface area (Å²) in [4.78, 5) is 24.9. The molecule has 114 valence electrons. The third kappa shape index (κ3) is 2.95. The molecule has 0 aromatic carbocycles. The number of carbonyl (C=O) groups is 2. The normalized spacial score (nSPS) is 23.4. The van der Waals surface area contributed by atoms with Crippen LogP contribution in [0.15, 0.2) is 16.5 Å². The van der Waals surface area contributed by atoms with Gasteiger partial charge in [-0.15, -0.1) is 0 Å². The molecule has 21 heavy (non-hydrogen) atoms. The predicted molar refractivity (Wildman–Crippen MR) is 73.2 cm³/mol. The SMILES string of the molecule is O=C(O)c1ccc(C(=O)N2CCC(C3CCOCC3)C2)o1. The molecule has 2 saturated heterocycles. The van der Waals surface area contributed by atoms with E-state index in [2.05, 4.69) is 0 Å². The van der Waals surface area contributed by atoms with Gasteiger partial charge in [-0.3, -0.25) is 4.79 Å². The van der Waals surface area contributed by atoms with Gasteiger partial charge in [0.25, 0.3) is 5.91 Å². The summed E-state index contributed by atoms with van der Waals surface area (Å²) in [7, 11) is 0. The largest absolute Gasteiger partial charge is 0.475 e. The molecular formula is C15H19NO5. The van der Waals surface area contributed by atoms with Crippen LogP contribution in [0.5, 0.6) is 0 Å². The summed E-state index contributed by atoms with van der Waals surface area (Å²) >= 11 is 0. The van der Waals surface area contributed by atoms with Crippen LogP contribution in [0.1, 0.15) is 40.4 Å². The summed E-state index contributed by atoms with van der Waals surface area (Å²) in [5.41, 5.74) is 0. The molecule has 1 amide bonds. The molecule has 2 fully saturated rings. The standard InChI is InChI=1S/C15H19NO5/c17-14(12-1-2-13(21-12)15(18)19)16-6-3-11(9-16)10-4-7-20-8-5-10/h1-2,10-11H,3-9H2,(H,18,19). The van der Waals surface area contributed by atoms with Gasteiger partial charge in [0.1, 0.15) is 0 Å². The van der Waals surface area contributed by atoms with Gasteiger partial charge < -0.3 is 19.2 Å². The molecule has 0 bridgehead atoms. The molecule has 3 rings (SSSR count). The molecule has 1 atom stereocenters. The first-order chi connectivity index (χ1) is 10.1. The first-order valence-corrected chi connectivity index (χ1v) is 7.35. The van der Waals surface area contributed by atoms with Gasteiger partial charge in [0.15, 0.2) is 5.76 Å². The number of furan rings is 1. The molecule has 0 aliphatic carbocycles. The van der Waals surface area contributed by atoms with E-state index in [-0.39, 0.29) is 17.4 Å². The fourth-order valence-electron chi connectivity index (χ4n) is 3.27. The predicted octanol–water partition coefficient (Wildman–Crippen LogP) is 1.87. The molecular weight excluding hydrogens is 274 g/mol. The molecule has 0 radical (unpaired) electrons. The van der Waals surface area contributed by atoms with Crippen LogP contribution in [-0.4, -0.2) is 48.2 Å². The Kier molecular flexibility index (Phi) is 3.96. The van der Waals surface area contributed by atoms with E-state index in [0.29, 0.717) is 18.4 Å². The lowest BCUT2D eigenvalue weighted by atomic mass is 9.85. The monoisotopic (exact) mass is 293 g/mol. The number of carboxylic acids is 1. The van der Waals surface area contributed by atoms with Gasteiger partial charge in [-0.25, -0.2) is 4.79 Å². The molecule has 6 nitrogen and oxygen atoms in total. The Labute approximate surface area is 122 Å². The molecule has 2 aliphatic rings. The highest BCUT2D eigenvalue weighted by Gasteiger charge is 2.34. The van der Waals surface area contributed by atoms with Crippen LogP contribution in [0, 0.1) is 11.8 Å². The topological polar surface area (TPSA) is 80.0 Å². The first kappa shape index (κ1) is 14.1. The summed E-state index contributed by atoms with van der Waals surface area (Å²) in [6, 6.07) is 2.76. The van der Waals surface area contributed by atoms with Crippen LogP contribution in [0.4, 0.5) is 0 Å². The smallest absolute Gasteiger partial charge is 0.371 e. The Morgan fingerprint density at radius 2 is 1.81 bits per heavy atom. The Hall–Kier alpha value is -1.82. The highest BCUT2D eigenvalue weighted by Crippen LogP contribution is 2.31. The minimum absolute atomic E-state index is 0.111. The molecule has 1 N–H and O–H groups in total. The lowest BCUT2D eigenvalue weighted by Gasteiger charge is -2.27. The molecule has 0 spiro atoms. The van der Waals surface area contributed by atoms with E-state index in [1.54, 1.807) is 4.90 Å². The number of aromatic carboxylic acids is 1. The molecule has 1 aromatic heterocycles. The number of likely N-dealkylation sites (tertiary alicyclic amines) is 1. The van der Waals surface area contributed by atoms with Crippen LogP contribution in [0.2, 0.25) is 0 Å². The van der Waals surface area contributed by atoms with Crippen molar-refractivity contribution in [1.82, 2.24) is 4.90 Å². The van der Waals surface area contributed by atoms with E-state index >= 15 is 0 Å². The number of ether oxygens (including phenoxy) is 1. The second kappa shape index (κ2) is 5.89. The molecule has 1 unspecified atom stereocenters. The third-order valence-electron chi connectivity index (χ3n) is 4.47. The summed E-state index contributed by atoms with van der Waals surface area (Å²) < 4.78 is 10.5. The Bertz CT molecular complexity index is 532. The Morgan fingerprint density at radius 1 is 1.10 bits per heavy atom. The molecule has 3 heterocycles. The molecule has 1 aromatic rings. The third-order valence-corrected chi connectivity index (χ3v) is 4.47. The number of carboxylic acid groups (broad SMARTS) is 1. The van der Waals surface area contributed by atoms with Crippen molar-refractivity contribution in [3.05, 3.63) is 23.7 Å². The van der Waals surface area contributed by atoms with E-state index in [4.69, 9.17) is 14.3 Å². The van der Waals surface area contributed by atoms with Crippen molar-refractivity contribution in [3.8, 4) is 0 Å². The van der Waals surface area contributed by atoms with Crippen LogP contribution < -0.4 is 0 Å². The second-order valence-electron chi connectivity index (χ2n) is 5.72. The van der Waals surface area contributed by atoms with Crippen molar-refractivity contribution in [2.24, 2.45) is 11.8 Å². The van der Waals surface area contributed by atoms with Crippen LogP contribution in [0.3, 0.4) is 0 Å². The van der Waals surface area contributed by atoms with E-state index in [0.717, 1.165) is 39.0 Å². The summed E-state index contributed by atoms with van der Waals surface area (Å²) in [6.07, 6.45) is 3.14. The quantitative estimate of drug-likeness (QED) is 0.920. The summed E-state index contributed by atoms with van der Waals surface area (Å²) in [6.45, 7) is 3.07. The molecule has 6 heteroatoms. The van der Waals surface area contributed by atoms with E-state index in [1.165, 1.54) is 12.1 Å². The van der Waals surface area contributed by atoms with Gasteiger partial charge in [0.05, 0.1) is 0 Å².